The van der Waals surface area contributed by atoms with Crippen LogP contribution in [-0.4, -0.2) is 17.9 Å². The Balaban J connectivity index is 2.92. The molecule has 0 spiro atoms. The summed E-state index contributed by atoms with van der Waals surface area (Å²) in [4.78, 5) is 9.85. The van der Waals surface area contributed by atoms with Crippen LogP contribution in [0.3, 0.4) is 0 Å². The molecule has 82 valence electrons. The van der Waals surface area contributed by atoms with Gasteiger partial charge in [-0.25, -0.2) is 8.78 Å². The van der Waals surface area contributed by atoms with Crippen LogP contribution in [0.1, 0.15) is 0 Å². The van der Waals surface area contributed by atoms with Gasteiger partial charge in [0.15, 0.2) is 0 Å². The van der Waals surface area contributed by atoms with Crippen LogP contribution in [0.2, 0.25) is 5.02 Å². The number of benzene rings is 1. The van der Waals surface area contributed by atoms with Gasteiger partial charge in [-0.05, 0) is 12.1 Å². The fraction of sp³-hybridized carbons (Fsp3) is 0.250. The first-order valence-electron chi connectivity index (χ1n) is 3.96. The number of nitrogens with one attached hydrogen (secondary N) is 1. The van der Waals surface area contributed by atoms with Crippen LogP contribution in [0, 0.1) is 10.1 Å². The fourth-order valence-corrected chi connectivity index (χ4v) is 1.17. The number of hydrogen-bond donors (Lipinski definition) is 1. The molecule has 0 bridgehead atoms. The van der Waals surface area contributed by atoms with Gasteiger partial charge in [0.05, 0.1) is 11.5 Å². The summed E-state index contributed by atoms with van der Waals surface area (Å²) in [5.74, 6) is 0. The molecular formula is C8H7ClF2N2O2. The van der Waals surface area contributed by atoms with Crippen molar-refractivity contribution in [3.05, 3.63) is 33.3 Å². The maximum absolute atomic E-state index is 11.9. The molecule has 1 aromatic carbocycles. The number of nitro benzene ring substituents is 1. The van der Waals surface area contributed by atoms with Crippen molar-refractivity contribution < 1.29 is 13.7 Å². The van der Waals surface area contributed by atoms with E-state index >= 15 is 0 Å². The van der Waals surface area contributed by atoms with Gasteiger partial charge >= 0.3 is 0 Å². The van der Waals surface area contributed by atoms with E-state index in [1.165, 1.54) is 12.1 Å². The Morgan fingerprint density at radius 1 is 1.53 bits per heavy atom. The molecule has 0 saturated carbocycles. The minimum absolute atomic E-state index is 0.00667. The second-order valence-corrected chi connectivity index (χ2v) is 3.13. The molecule has 0 fully saturated rings. The van der Waals surface area contributed by atoms with Crippen LogP contribution in [0.5, 0.6) is 0 Å². The molecule has 1 rings (SSSR count). The van der Waals surface area contributed by atoms with Crippen LogP contribution in [0.15, 0.2) is 18.2 Å². The number of anilines is 1. The van der Waals surface area contributed by atoms with Gasteiger partial charge in [0.25, 0.3) is 12.1 Å². The van der Waals surface area contributed by atoms with E-state index in [1.54, 1.807) is 0 Å². The average Bonchev–Trinajstić information content (AvgIpc) is 2.14. The van der Waals surface area contributed by atoms with E-state index in [2.05, 4.69) is 5.32 Å². The van der Waals surface area contributed by atoms with E-state index in [4.69, 9.17) is 11.6 Å². The molecular weight excluding hydrogens is 230 g/mol. The van der Waals surface area contributed by atoms with Crippen molar-refractivity contribution in [1.29, 1.82) is 0 Å². The van der Waals surface area contributed by atoms with Crippen molar-refractivity contribution in [2.24, 2.45) is 0 Å². The van der Waals surface area contributed by atoms with Crippen LogP contribution in [0.4, 0.5) is 20.2 Å². The number of rotatable bonds is 4. The van der Waals surface area contributed by atoms with Gasteiger partial charge < -0.3 is 5.32 Å². The molecule has 1 N–H and O–H groups in total. The van der Waals surface area contributed by atoms with Gasteiger partial charge in [0, 0.05) is 11.1 Å². The second-order valence-electron chi connectivity index (χ2n) is 2.69. The van der Waals surface area contributed by atoms with Gasteiger partial charge in [0.1, 0.15) is 5.69 Å². The van der Waals surface area contributed by atoms with Crippen LogP contribution in [-0.2, 0) is 0 Å². The predicted octanol–water partition coefficient (Wildman–Crippen LogP) is 2.93. The summed E-state index contributed by atoms with van der Waals surface area (Å²) < 4.78 is 23.8. The summed E-state index contributed by atoms with van der Waals surface area (Å²) in [6.07, 6.45) is -2.58. The number of nitro groups is 1. The predicted molar refractivity (Wildman–Crippen MR) is 52.6 cm³/mol. The lowest BCUT2D eigenvalue weighted by Crippen LogP contribution is -2.11. The molecule has 4 nitrogen and oxygen atoms in total. The van der Waals surface area contributed by atoms with Crippen molar-refractivity contribution in [1.82, 2.24) is 0 Å². The van der Waals surface area contributed by atoms with Gasteiger partial charge in [-0.15, -0.1) is 0 Å². The van der Waals surface area contributed by atoms with Crippen molar-refractivity contribution in [2.45, 2.75) is 6.43 Å². The Hall–Kier alpha value is -1.43. The molecule has 1 aromatic rings. The van der Waals surface area contributed by atoms with Crippen LogP contribution < -0.4 is 5.32 Å². The van der Waals surface area contributed by atoms with E-state index in [-0.39, 0.29) is 16.4 Å². The van der Waals surface area contributed by atoms with E-state index in [0.29, 0.717) is 0 Å². The van der Waals surface area contributed by atoms with Crippen molar-refractivity contribution in [2.75, 3.05) is 11.9 Å². The topological polar surface area (TPSA) is 55.2 Å². The summed E-state index contributed by atoms with van der Waals surface area (Å²) in [5, 5.41) is 13.0. The molecule has 7 heteroatoms. The minimum Gasteiger partial charge on any atom is -0.374 e. The Bertz CT molecular complexity index is 374. The monoisotopic (exact) mass is 236 g/mol. The smallest absolute Gasteiger partial charge is 0.292 e. The maximum atomic E-state index is 11.9. The Morgan fingerprint density at radius 3 is 2.73 bits per heavy atom. The van der Waals surface area contributed by atoms with Gasteiger partial charge in [0.2, 0.25) is 0 Å². The molecule has 0 radical (unpaired) electrons. The standard InChI is InChI=1S/C8H7ClF2N2O2/c9-5-1-2-7(13(14)15)6(3-5)12-4-8(10)11/h1-3,8,12H,4H2. The summed E-state index contributed by atoms with van der Waals surface area (Å²) >= 11 is 5.59. The molecule has 0 aliphatic heterocycles. The molecule has 15 heavy (non-hydrogen) atoms. The number of nitrogens with zero attached hydrogens (tertiary/aromatic N) is 1. The zero-order chi connectivity index (χ0) is 11.4. The third-order valence-electron chi connectivity index (χ3n) is 1.60. The lowest BCUT2D eigenvalue weighted by molar-refractivity contribution is -0.384. The summed E-state index contributed by atoms with van der Waals surface area (Å²) in [7, 11) is 0. The quantitative estimate of drug-likeness (QED) is 0.646. The molecule has 0 aliphatic rings. The van der Waals surface area contributed by atoms with Gasteiger partial charge in [-0.3, -0.25) is 10.1 Å². The molecule has 0 aromatic heterocycles. The number of alkyl halides is 2. The molecule has 0 heterocycles. The van der Waals surface area contributed by atoms with Crippen LogP contribution in [0.25, 0.3) is 0 Å². The Labute approximate surface area is 89.0 Å². The van der Waals surface area contributed by atoms with Gasteiger partial charge in [-0.1, -0.05) is 11.6 Å². The van der Waals surface area contributed by atoms with Gasteiger partial charge in [-0.2, -0.15) is 0 Å². The highest BCUT2D eigenvalue weighted by atomic mass is 35.5. The lowest BCUT2D eigenvalue weighted by Gasteiger charge is -2.06. The zero-order valence-corrected chi connectivity index (χ0v) is 8.17. The zero-order valence-electron chi connectivity index (χ0n) is 7.41. The van der Waals surface area contributed by atoms with E-state index in [9.17, 15) is 18.9 Å². The highest BCUT2D eigenvalue weighted by Gasteiger charge is 2.14. The third-order valence-corrected chi connectivity index (χ3v) is 1.84. The Morgan fingerprint density at radius 2 is 2.20 bits per heavy atom. The molecule has 0 saturated heterocycles. The largest absolute Gasteiger partial charge is 0.374 e. The number of halogens is 3. The van der Waals surface area contributed by atoms with Crippen LogP contribution >= 0.6 is 11.6 Å². The Kier molecular flexibility index (Phi) is 3.79. The van der Waals surface area contributed by atoms with Crippen molar-refractivity contribution in [3.63, 3.8) is 0 Å². The first-order valence-corrected chi connectivity index (χ1v) is 4.34. The van der Waals surface area contributed by atoms with Crippen molar-refractivity contribution >= 4 is 23.0 Å². The summed E-state index contributed by atoms with van der Waals surface area (Å²) in [6, 6.07) is 3.73. The highest BCUT2D eigenvalue weighted by molar-refractivity contribution is 6.31. The van der Waals surface area contributed by atoms with E-state index in [1.807, 2.05) is 0 Å². The second kappa shape index (κ2) is 4.88. The molecule has 0 amide bonds. The summed E-state index contributed by atoms with van der Waals surface area (Å²) in [5.41, 5.74) is -0.284. The van der Waals surface area contributed by atoms with E-state index < -0.39 is 17.9 Å². The SMILES string of the molecule is O=[N+]([O-])c1ccc(Cl)cc1NCC(F)F. The van der Waals surface area contributed by atoms with Crippen molar-refractivity contribution in [3.8, 4) is 0 Å². The number of hydrogen-bond acceptors (Lipinski definition) is 3. The third kappa shape index (κ3) is 3.32. The summed E-state index contributed by atoms with van der Waals surface area (Å²) in [6.45, 7) is -0.652. The van der Waals surface area contributed by atoms with E-state index in [0.717, 1.165) is 6.07 Å². The minimum atomic E-state index is -2.58. The highest BCUT2D eigenvalue weighted by Crippen LogP contribution is 2.27. The average molecular weight is 237 g/mol. The normalized spacial score (nSPS) is 10.4. The molecule has 0 unspecified atom stereocenters. The maximum Gasteiger partial charge on any atom is 0.292 e. The molecule has 0 atom stereocenters. The lowest BCUT2D eigenvalue weighted by atomic mass is 10.2. The first-order chi connectivity index (χ1) is 7.00. The first kappa shape index (κ1) is 11.6. The fourth-order valence-electron chi connectivity index (χ4n) is 0.996. The molecule has 0 aliphatic carbocycles.